The third-order valence-corrected chi connectivity index (χ3v) is 0.526. The smallest absolute Gasteiger partial charge is 0.371 e. The summed E-state index contributed by atoms with van der Waals surface area (Å²) in [6, 6.07) is 0. The summed E-state index contributed by atoms with van der Waals surface area (Å²) in [5, 5.41) is 1.22. The highest BCUT2D eigenvalue weighted by Crippen LogP contribution is 1.68. The minimum absolute atomic E-state index is 0.0207. The zero-order chi connectivity index (χ0) is 6.41. The Morgan fingerprint density at radius 2 is 2.38 bits per heavy atom. The summed E-state index contributed by atoms with van der Waals surface area (Å²) < 4.78 is 4.17. The molecule has 0 radical (unpaired) electrons. The molecule has 44 valence electrons. The van der Waals surface area contributed by atoms with E-state index >= 15 is 0 Å². The topological polar surface area (TPSA) is 43.4 Å². The molecule has 0 aromatic carbocycles. The number of hydrogen-bond acceptors (Lipinski definition) is 4. The summed E-state index contributed by atoms with van der Waals surface area (Å²) in [6.07, 6.45) is 0.0961. The molecular weight excluding hydrogens is 128 g/mol. The van der Waals surface area contributed by atoms with Crippen LogP contribution >= 0.6 is 12.2 Å². The molecule has 0 aromatic rings. The van der Waals surface area contributed by atoms with E-state index in [1.54, 1.807) is 0 Å². The fourth-order valence-electron chi connectivity index (χ4n) is 0.150. The molecule has 0 amide bonds. The first-order chi connectivity index (χ1) is 3.81. The van der Waals surface area contributed by atoms with Gasteiger partial charge in [-0.05, 0) is 0 Å². The molecule has 0 atom stereocenters. The van der Waals surface area contributed by atoms with Crippen LogP contribution in [0.2, 0.25) is 0 Å². The third kappa shape index (κ3) is 3.42. The van der Waals surface area contributed by atoms with Gasteiger partial charge in [-0.15, -0.1) is 0 Å². The van der Waals surface area contributed by atoms with Crippen LogP contribution in [0.15, 0.2) is 0 Å². The van der Waals surface area contributed by atoms with Crippen LogP contribution < -0.4 is 0 Å². The van der Waals surface area contributed by atoms with E-state index in [0.717, 1.165) is 0 Å². The molecule has 0 rings (SSSR count). The molecule has 0 aliphatic heterocycles. The Kier molecular flexibility index (Phi) is 3.97. The van der Waals surface area contributed by atoms with Gasteiger partial charge in [0.05, 0.1) is 0 Å². The van der Waals surface area contributed by atoms with Crippen molar-refractivity contribution in [2.75, 3.05) is 6.61 Å². The first kappa shape index (κ1) is 7.23. The molecule has 0 spiro atoms. The number of carbonyl (C=O) groups is 2. The maximum absolute atomic E-state index is 9.91. The Hall–Kier alpha value is -0.770. The van der Waals surface area contributed by atoms with Crippen LogP contribution in [0.5, 0.6) is 0 Å². The van der Waals surface area contributed by atoms with E-state index in [-0.39, 0.29) is 12.9 Å². The summed E-state index contributed by atoms with van der Waals surface area (Å²) in [6.45, 7) is 0.0207. The number of esters is 1. The average molecular weight is 132 g/mol. The van der Waals surface area contributed by atoms with Gasteiger partial charge in [0.2, 0.25) is 6.29 Å². The fourth-order valence-corrected chi connectivity index (χ4v) is 0.218. The van der Waals surface area contributed by atoms with E-state index in [2.05, 4.69) is 17.0 Å². The van der Waals surface area contributed by atoms with Crippen LogP contribution in [0.25, 0.3) is 0 Å². The third-order valence-electron chi connectivity index (χ3n) is 0.390. The second kappa shape index (κ2) is 4.39. The Labute approximate surface area is 51.6 Å². The lowest BCUT2D eigenvalue weighted by Gasteiger charge is -1.89. The monoisotopic (exact) mass is 132 g/mol. The van der Waals surface area contributed by atoms with Gasteiger partial charge in [0, 0.05) is 5.37 Å². The van der Waals surface area contributed by atoms with Crippen molar-refractivity contribution in [2.45, 2.75) is 0 Å². The largest absolute Gasteiger partial charge is 0.455 e. The molecule has 0 saturated heterocycles. The van der Waals surface area contributed by atoms with Gasteiger partial charge in [0.1, 0.15) is 6.61 Å². The second-order valence-corrected chi connectivity index (χ2v) is 1.25. The maximum Gasteiger partial charge on any atom is 0.371 e. The van der Waals surface area contributed by atoms with Gasteiger partial charge in [-0.2, -0.15) is 0 Å². The van der Waals surface area contributed by atoms with E-state index in [4.69, 9.17) is 0 Å². The van der Waals surface area contributed by atoms with Gasteiger partial charge in [-0.1, -0.05) is 12.2 Å². The van der Waals surface area contributed by atoms with Crippen molar-refractivity contribution in [3.63, 3.8) is 0 Å². The van der Waals surface area contributed by atoms with E-state index in [1.807, 2.05) is 0 Å². The lowest BCUT2D eigenvalue weighted by Crippen LogP contribution is -2.05. The van der Waals surface area contributed by atoms with Crippen LogP contribution in [0.3, 0.4) is 0 Å². The van der Waals surface area contributed by atoms with Crippen LogP contribution in [-0.4, -0.2) is 24.2 Å². The number of hydrogen-bond donors (Lipinski definition) is 0. The van der Waals surface area contributed by atoms with Crippen LogP contribution in [0, 0.1) is 0 Å². The van der Waals surface area contributed by atoms with Crippen molar-refractivity contribution in [3.8, 4) is 0 Å². The molecular formula is C4H4O3S. The van der Waals surface area contributed by atoms with Crippen molar-refractivity contribution < 1.29 is 14.3 Å². The summed E-state index contributed by atoms with van der Waals surface area (Å²) in [7, 11) is 0. The highest BCUT2D eigenvalue weighted by atomic mass is 32.1. The van der Waals surface area contributed by atoms with Crippen LogP contribution in [0.4, 0.5) is 0 Å². The first-order valence-corrected chi connectivity index (χ1v) is 2.34. The highest BCUT2D eigenvalue weighted by molar-refractivity contribution is 7.79. The van der Waals surface area contributed by atoms with Crippen molar-refractivity contribution in [2.24, 2.45) is 0 Å². The Bertz CT molecular complexity index is 110. The Morgan fingerprint density at radius 3 is 2.75 bits per heavy atom. The van der Waals surface area contributed by atoms with E-state index in [9.17, 15) is 9.59 Å². The predicted molar refractivity (Wildman–Crippen MR) is 30.7 cm³/mol. The molecule has 3 nitrogen and oxygen atoms in total. The van der Waals surface area contributed by atoms with Gasteiger partial charge >= 0.3 is 5.97 Å². The minimum atomic E-state index is -0.883. The SMILES string of the molecule is O=CC(=O)OCC=S. The zero-order valence-electron chi connectivity index (χ0n) is 3.99. The molecule has 0 bridgehead atoms. The lowest BCUT2D eigenvalue weighted by molar-refractivity contribution is -0.147. The quantitative estimate of drug-likeness (QED) is 0.229. The van der Waals surface area contributed by atoms with E-state index in [0.29, 0.717) is 0 Å². The molecule has 0 fully saturated rings. The molecule has 0 heterocycles. The zero-order valence-corrected chi connectivity index (χ0v) is 4.81. The summed E-state index contributed by atoms with van der Waals surface area (Å²) in [5.41, 5.74) is 0. The van der Waals surface area contributed by atoms with Gasteiger partial charge in [-0.25, -0.2) is 4.79 Å². The van der Waals surface area contributed by atoms with Gasteiger partial charge in [-0.3, -0.25) is 4.79 Å². The van der Waals surface area contributed by atoms with Gasteiger partial charge < -0.3 is 4.74 Å². The number of aldehydes is 1. The molecule has 0 saturated carbocycles. The van der Waals surface area contributed by atoms with Crippen molar-refractivity contribution in [1.29, 1.82) is 0 Å². The van der Waals surface area contributed by atoms with E-state index < -0.39 is 5.97 Å². The van der Waals surface area contributed by atoms with E-state index in [1.165, 1.54) is 5.37 Å². The van der Waals surface area contributed by atoms with Crippen LogP contribution in [-0.2, 0) is 14.3 Å². The van der Waals surface area contributed by atoms with Gasteiger partial charge in [0.15, 0.2) is 0 Å². The average Bonchev–Trinajstić information content (AvgIpc) is 1.83. The predicted octanol–water partition coefficient (Wildman–Crippen LogP) is -0.272. The van der Waals surface area contributed by atoms with Gasteiger partial charge in [0.25, 0.3) is 0 Å². The molecule has 8 heavy (non-hydrogen) atoms. The molecule has 0 aromatic heterocycles. The first-order valence-electron chi connectivity index (χ1n) is 1.87. The summed E-state index contributed by atoms with van der Waals surface area (Å²) in [4.78, 5) is 19.4. The van der Waals surface area contributed by atoms with Crippen molar-refractivity contribution >= 4 is 29.8 Å². The molecule has 0 unspecified atom stereocenters. The highest BCUT2D eigenvalue weighted by Gasteiger charge is 1.93. The Morgan fingerprint density at radius 1 is 1.75 bits per heavy atom. The number of ether oxygens (including phenoxy) is 1. The fraction of sp³-hybridized carbons (Fsp3) is 0.250. The molecule has 0 aliphatic rings. The summed E-state index contributed by atoms with van der Waals surface area (Å²) in [5.74, 6) is -0.883. The molecule has 0 N–H and O–H groups in total. The lowest BCUT2D eigenvalue weighted by atomic mass is 10.7. The minimum Gasteiger partial charge on any atom is -0.455 e. The van der Waals surface area contributed by atoms with Crippen molar-refractivity contribution in [3.05, 3.63) is 0 Å². The molecule has 0 aliphatic carbocycles. The normalized spacial score (nSPS) is 7.50. The number of thiocarbonyl (C=S) groups is 1. The summed E-state index contributed by atoms with van der Waals surface area (Å²) >= 11 is 4.30. The molecule has 4 heteroatoms. The standard InChI is InChI=1S/C4H4O3S/c5-3-4(6)7-1-2-8/h2-3H,1H2. The van der Waals surface area contributed by atoms with Crippen molar-refractivity contribution in [1.82, 2.24) is 0 Å². The Balaban J connectivity index is 3.24. The number of carbonyl (C=O) groups excluding carboxylic acids is 2. The second-order valence-electron chi connectivity index (χ2n) is 0.915. The van der Waals surface area contributed by atoms with Crippen LogP contribution in [0.1, 0.15) is 0 Å². The number of rotatable bonds is 3. The maximum atomic E-state index is 9.91.